The van der Waals surface area contributed by atoms with Crippen LogP contribution in [0.1, 0.15) is 6.42 Å². The van der Waals surface area contributed by atoms with Gasteiger partial charge in [-0.15, -0.1) is 0 Å². The Labute approximate surface area is 120 Å². The average Bonchev–Trinajstić information content (AvgIpc) is 2.87. The fourth-order valence-electron chi connectivity index (χ4n) is 2.74. The minimum atomic E-state index is 0.120. The van der Waals surface area contributed by atoms with Gasteiger partial charge in [0.1, 0.15) is 0 Å². The van der Waals surface area contributed by atoms with Crippen molar-refractivity contribution in [3.8, 4) is 0 Å². The second-order valence-electron chi connectivity index (χ2n) is 5.64. The second-order valence-corrected chi connectivity index (χ2v) is 6.75. The first kappa shape index (κ1) is 15.1. The number of nitrogens with one attached hydrogen (secondary N) is 1. The van der Waals surface area contributed by atoms with Gasteiger partial charge in [-0.25, -0.2) is 0 Å². The van der Waals surface area contributed by atoms with E-state index in [1.165, 1.54) is 12.2 Å². The molecule has 0 aliphatic carbocycles. The molecule has 1 amide bonds. The van der Waals surface area contributed by atoms with Crippen molar-refractivity contribution in [3.63, 3.8) is 0 Å². The van der Waals surface area contributed by atoms with Crippen LogP contribution in [0.5, 0.6) is 0 Å². The number of amides is 1. The van der Waals surface area contributed by atoms with Gasteiger partial charge in [0, 0.05) is 30.9 Å². The third kappa shape index (κ3) is 4.08. The Bertz CT molecular complexity index is 300. The first-order chi connectivity index (χ1) is 9.12. The van der Waals surface area contributed by atoms with Crippen molar-refractivity contribution in [2.75, 3.05) is 65.0 Å². The number of carbonyl (C=O) groups is 1. The van der Waals surface area contributed by atoms with E-state index in [-0.39, 0.29) is 11.4 Å². The topological polar surface area (TPSA) is 44.8 Å². The average molecular weight is 287 g/mol. The van der Waals surface area contributed by atoms with Gasteiger partial charge in [-0.1, -0.05) is 0 Å². The van der Waals surface area contributed by atoms with E-state index in [0.29, 0.717) is 6.54 Å². The largest absolute Gasteiger partial charge is 0.379 e. The first-order valence-corrected chi connectivity index (χ1v) is 8.10. The number of ether oxygens (including phenoxy) is 1. The molecule has 2 saturated heterocycles. The van der Waals surface area contributed by atoms with Crippen molar-refractivity contribution >= 4 is 17.7 Å². The van der Waals surface area contributed by atoms with Crippen LogP contribution in [0.3, 0.4) is 0 Å². The van der Waals surface area contributed by atoms with E-state index >= 15 is 0 Å². The summed E-state index contributed by atoms with van der Waals surface area (Å²) in [6, 6.07) is 0. The molecule has 0 bridgehead atoms. The number of thioether (sulfide) groups is 1. The van der Waals surface area contributed by atoms with Crippen molar-refractivity contribution in [3.05, 3.63) is 0 Å². The highest BCUT2D eigenvalue weighted by atomic mass is 32.2. The highest BCUT2D eigenvalue weighted by molar-refractivity contribution is 7.99. The summed E-state index contributed by atoms with van der Waals surface area (Å²) in [6.07, 6.45) is 1.17. The molecule has 0 spiro atoms. The number of likely N-dealkylation sites (N-methyl/N-ethyl adjacent to an activating group) is 1. The lowest BCUT2D eigenvalue weighted by molar-refractivity contribution is -0.122. The number of carbonyl (C=O) groups excluding carboxylic acids is 1. The molecule has 2 aliphatic rings. The molecule has 2 aliphatic heterocycles. The summed E-state index contributed by atoms with van der Waals surface area (Å²) in [5.41, 5.74) is 0.149. The minimum Gasteiger partial charge on any atom is -0.379 e. The quantitative estimate of drug-likeness (QED) is 0.763. The van der Waals surface area contributed by atoms with E-state index in [2.05, 4.69) is 10.2 Å². The molecule has 6 heteroatoms. The number of morpholine rings is 1. The molecule has 1 unspecified atom stereocenters. The van der Waals surface area contributed by atoms with Crippen molar-refractivity contribution in [2.45, 2.75) is 12.0 Å². The summed E-state index contributed by atoms with van der Waals surface area (Å²) in [7, 11) is 3.84. The maximum atomic E-state index is 11.8. The third-order valence-corrected chi connectivity index (χ3v) is 5.07. The van der Waals surface area contributed by atoms with E-state index in [4.69, 9.17) is 4.74 Å². The van der Waals surface area contributed by atoms with E-state index in [1.807, 2.05) is 30.8 Å². The van der Waals surface area contributed by atoms with Crippen LogP contribution in [0.15, 0.2) is 0 Å². The molecule has 110 valence electrons. The zero-order valence-electron chi connectivity index (χ0n) is 12.0. The summed E-state index contributed by atoms with van der Waals surface area (Å²) in [6.45, 7) is 4.85. The second kappa shape index (κ2) is 6.92. The van der Waals surface area contributed by atoms with E-state index in [1.54, 1.807) is 0 Å². The van der Waals surface area contributed by atoms with Crippen LogP contribution in [-0.4, -0.2) is 86.2 Å². The number of hydrogen-bond donors (Lipinski definition) is 1. The lowest BCUT2D eigenvalue weighted by Gasteiger charge is -2.43. The van der Waals surface area contributed by atoms with Crippen LogP contribution in [0.25, 0.3) is 0 Å². The molecule has 0 aromatic carbocycles. The number of hydrogen-bond acceptors (Lipinski definition) is 5. The molecule has 0 saturated carbocycles. The fourth-order valence-corrected chi connectivity index (χ4v) is 4.22. The van der Waals surface area contributed by atoms with Crippen LogP contribution in [-0.2, 0) is 9.53 Å². The molecule has 5 nitrogen and oxygen atoms in total. The Morgan fingerprint density at radius 1 is 1.42 bits per heavy atom. The summed E-state index contributed by atoms with van der Waals surface area (Å²) in [5.74, 6) is 2.44. The Hall–Kier alpha value is -0.300. The maximum absolute atomic E-state index is 11.8. The molecule has 1 N–H and O–H groups in total. The number of rotatable bonds is 5. The van der Waals surface area contributed by atoms with Crippen LogP contribution in [0, 0.1) is 0 Å². The highest BCUT2D eigenvalue weighted by Crippen LogP contribution is 2.33. The van der Waals surface area contributed by atoms with Gasteiger partial charge in [0.15, 0.2) is 0 Å². The predicted octanol–water partition coefficient (Wildman–Crippen LogP) is -0.128. The molecule has 0 aromatic heterocycles. The molecule has 1 atom stereocenters. The molecule has 2 heterocycles. The van der Waals surface area contributed by atoms with Gasteiger partial charge in [0.2, 0.25) is 5.91 Å². The van der Waals surface area contributed by atoms with Crippen molar-refractivity contribution < 1.29 is 9.53 Å². The zero-order chi connectivity index (χ0) is 13.7. The normalized spacial score (nSPS) is 28.8. The fraction of sp³-hybridized carbons (Fsp3) is 0.923. The standard InChI is InChI=1S/C13H25N3O2S/c1-15(2)9-12(17)14-10-13(3-8-19-11-13)16-4-6-18-7-5-16/h3-11H2,1-2H3,(H,14,17). The highest BCUT2D eigenvalue weighted by Gasteiger charge is 2.40. The number of nitrogens with zero attached hydrogens (tertiary/aromatic N) is 2. The van der Waals surface area contributed by atoms with Gasteiger partial charge in [-0.05, 0) is 26.3 Å². The van der Waals surface area contributed by atoms with E-state index in [0.717, 1.165) is 38.6 Å². The zero-order valence-corrected chi connectivity index (χ0v) is 12.8. The SMILES string of the molecule is CN(C)CC(=O)NCC1(N2CCOCC2)CCSC1. The smallest absolute Gasteiger partial charge is 0.234 e. The van der Waals surface area contributed by atoms with Crippen LogP contribution in [0.4, 0.5) is 0 Å². The van der Waals surface area contributed by atoms with Gasteiger partial charge in [0.05, 0.1) is 19.8 Å². The van der Waals surface area contributed by atoms with Crippen molar-refractivity contribution in [1.82, 2.24) is 15.1 Å². The van der Waals surface area contributed by atoms with Crippen LogP contribution in [0.2, 0.25) is 0 Å². The molecular formula is C13H25N3O2S. The molecule has 2 fully saturated rings. The molecule has 19 heavy (non-hydrogen) atoms. The minimum absolute atomic E-state index is 0.120. The summed E-state index contributed by atoms with van der Waals surface area (Å²) < 4.78 is 5.44. The van der Waals surface area contributed by atoms with E-state index in [9.17, 15) is 4.79 Å². The molecule has 0 radical (unpaired) electrons. The Kier molecular flexibility index (Phi) is 5.50. The third-order valence-electron chi connectivity index (χ3n) is 3.84. The van der Waals surface area contributed by atoms with Gasteiger partial charge in [0.25, 0.3) is 0 Å². The van der Waals surface area contributed by atoms with Crippen LogP contribution < -0.4 is 5.32 Å². The first-order valence-electron chi connectivity index (χ1n) is 6.94. The lowest BCUT2D eigenvalue weighted by atomic mass is 9.95. The summed E-state index contributed by atoms with van der Waals surface area (Å²) in [4.78, 5) is 16.3. The Balaban J connectivity index is 1.90. The van der Waals surface area contributed by atoms with Crippen LogP contribution >= 0.6 is 11.8 Å². The lowest BCUT2D eigenvalue weighted by Crippen LogP contribution is -2.59. The van der Waals surface area contributed by atoms with Gasteiger partial charge in [-0.3, -0.25) is 9.69 Å². The summed E-state index contributed by atoms with van der Waals surface area (Å²) >= 11 is 2.00. The van der Waals surface area contributed by atoms with Gasteiger partial charge < -0.3 is 15.0 Å². The van der Waals surface area contributed by atoms with E-state index < -0.39 is 0 Å². The summed E-state index contributed by atoms with van der Waals surface area (Å²) in [5, 5.41) is 3.12. The Morgan fingerprint density at radius 2 is 2.16 bits per heavy atom. The molecule has 2 rings (SSSR count). The van der Waals surface area contributed by atoms with Gasteiger partial charge >= 0.3 is 0 Å². The Morgan fingerprint density at radius 3 is 2.74 bits per heavy atom. The molecular weight excluding hydrogens is 262 g/mol. The predicted molar refractivity (Wildman–Crippen MR) is 78.6 cm³/mol. The van der Waals surface area contributed by atoms with Crippen molar-refractivity contribution in [2.24, 2.45) is 0 Å². The van der Waals surface area contributed by atoms with Gasteiger partial charge in [-0.2, -0.15) is 11.8 Å². The van der Waals surface area contributed by atoms with Crippen molar-refractivity contribution in [1.29, 1.82) is 0 Å². The monoisotopic (exact) mass is 287 g/mol. The molecule has 0 aromatic rings. The maximum Gasteiger partial charge on any atom is 0.234 e.